The van der Waals surface area contributed by atoms with Crippen LogP contribution in [0.15, 0.2) is 42.5 Å². The lowest BCUT2D eigenvalue weighted by molar-refractivity contribution is 0.0256. The normalized spacial score (nSPS) is 19.1. The van der Waals surface area contributed by atoms with E-state index in [4.69, 9.17) is 14.2 Å². The number of benzene rings is 2. The summed E-state index contributed by atoms with van der Waals surface area (Å²) in [5.41, 5.74) is 4.35. The molecule has 2 aromatic carbocycles. The first-order valence-corrected chi connectivity index (χ1v) is 14.0. The zero-order valence-electron chi connectivity index (χ0n) is 22.2. The summed E-state index contributed by atoms with van der Waals surface area (Å²) in [6.07, 6.45) is 7.04. The second kappa shape index (κ2) is 10.4. The maximum atomic E-state index is 13.0. The van der Waals surface area contributed by atoms with Crippen LogP contribution in [0.4, 0.5) is 10.5 Å². The monoisotopic (exact) mass is 516 g/mol. The highest BCUT2D eigenvalue weighted by Gasteiger charge is 2.31. The molecular weight excluding hydrogens is 480 g/mol. The van der Waals surface area contributed by atoms with Crippen molar-refractivity contribution in [2.45, 2.75) is 77.0 Å². The van der Waals surface area contributed by atoms with Crippen LogP contribution in [0.2, 0.25) is 0 Å². The third-order valence-corrected chi connectivity index (χ3v) is 8.22. The quantitative estimate of drug-likeness (QED) is 0.322. The Bertz CT molecular complexity index is 1330. The fourth-order valence-electron chi connectivity index (χ4n) is 5.70. The highest BCUT2D eigenvalue weighted by atomic mass is 16.6. The molecule has 200 valence electrons. The molecule has 2 aliphatic carbocycles. The van der Waals surface area contributed by atoms with Gasteiger partial charge >= 0.3 is 6.09 Å². The van der Waals surface area contributed by atoms with Gasteiger partial charge in [-0.05, 0) is 81.7 Å². The van der Waals surface area contributed by atoms with Crippen LogP contribution in [0.3, 0.4) is 0 Å². The molecule has 6 rings (SSSR count). The van der Waals surface area contributed by atoms with Gasteiger partial charge in [0.05, 0.1) is 30.0 Å². The van der Waals surface area contributed by atoms with Gasteiger partial charge in [0, 0.05) is 36.0 Å². The van der Waals surface area contributed by atoms with Crippen molar-refractivity contribution in [3.8, 4) is 17.0 Å². The number of amides is 1. The van der Waals surface area contributed by atoms with Gasteiger partial charge in [-0.25, -0.2) is 4.79 Å². The Kier molecular flexibility index (Phi) is 6.87. The van der Waals surface area contributed by atoms with Gasteiger partial charge in [-0.3, -0.25) is 10.1 Å². The molecule has 3 aliphatic rings. The highest BCUT2D eigenvalue weighted by Crippen LogP contribution is 2.44. The van der Waals surface area contributed by atoms with E-state index in [0.29, 0.717) is 17.6 Å². The van der Waals surface area contributed by atoms with Crippen molar-refractivity contribution in [3.63, 3.8) is 0 Å². The minimum atomic E-state index is -0.429. The Morgan fingerprint density at radius 1 is 1.00 bits per heavy atom. The molecule has 2 heterocycles. The Morgan fingerprint density at radius 3 is 2.37 bits per heavy atom. The maximum absolute atomic E-state index is 13.0. The predicted octanol–water partition coefficient (Wildman–Crippen LogP) is 7.14. The first-order chi connectivity index (χ1) is 18.5. The van der Waals surface area contributed by atoms with Gasteiger partial charge in [-0.15, -0.1) is 0 Å². The molecule has 1 aliphatic heterocycles. The van der Waals surface area contributed by atoms with E-state index >= 15 is 0 Å². The molecule has 7 heteroatoms. The molecule has 3 fully saturated rings. The van der Waals surface area contributed by atoms with Crippen LogP contribution in [0.25, 0.3) is 22.2 Å². The molecule has 1 aromatic heterocycles. The Balaban J connectivity index is 1.33. The number of carbonyl (C=O) groups is 2. The van der Waals surface area contributed by atoms with Gasteiger partial charge in [0.25, 0.3) is 0 Å². The third kappa shape index (κ3) is 5.04. The highest BCUT2D eigenvalue weighted by molar-refractivity contribution is 6.13. The number of rotatable bonds is 8. The summed E-state index contributed by atoms with van der Waals surface area (Å²) < 4.78 is 19.7. The van der Waals surface area contributed by atoms with Crippen molar-refractivity contribution in [2.75, 3.05) is 18.5 Å². The van der Waals surface area contributed by atoms with Crippen LogP contribution in [0.1, 0.15) is 75.2 Å². The van der Waals surface area contributed by atoms with Crippen LogP contribution in [-0.4, -0.2) is 41.9 Å². The average molecular weight is 517 g/mol. The van der Waals surface area contributed by atoms with E-state index in [9.17, 15) is 9.59 Å². The molecule has 1 N–H and O–H groups in total. The largest absolute Gasteiger partial charge is 0.490 e. The molecule has 38 heavy (non-hydrogen) atoms. The number of aromatic nitrogens is 1. The molecule has 7 nitrogen and oxygen atoms in total. The SMILES string of the molecule is CC(=O)c1c(-c2ccc(NC(=O)OC(C)C3CC3)cc2)n(C2CCC2)c2cc(OC3CCOCC3)ccc12. The van der Waals surface area contributed by atoms with E-state index in [1.807, 2.05) is 43.3 Å². The lowest BCUT2D eigenvalue weighted by Crippen LogP contribution is -2.25. The van der Waals surface area contributed by atoms with E-state index in [2.05, 4.69) is 16.0 Å². The van der Waals surface area contributed by atoms with Gasteiger partial charge in [0.1, 0.15) is 18.0 Å². The standard InChI is InChI=1S/C31H36N2O5/c1-19(34)29-27-13-12-26(38-25-14-16-36-17-15-25)18-28(27)33(24-4-3-5-24)30(29)22-8-10-23(11-9-22)32-31(35)37-20(2)21-6-7-21/h8-13,18,20-21,24-25H,3-7,14-17H2,1-2H3,(H,32,35). The topological polar surface area (TPSA) is 78.8 Å². The van der Waals surface area contributed by atoms with E-state index in [1.54, 1.807) is 6.92 Å². The number of Topliss-reactive ketones (excluding diaryl/α,β-unsaturated/α-hetero) is 1. The number of hydrogen-bond acceptors (Lipinski definition) is 5. The van der Waals surface area contributed by atoms with Crippen molar-refractivity contribution < 1.29 is 23.8 Å². The molecule has 1 unspecified atom stereocenters. The zero-order chi connectivity index (χ0) is 26.2. The van der Waals surface area contributed by atoms with Gasteiger partial charge in [0.2, 0.25) is 0 Å². The smallest absolute Gasteiger partial charge is 0.411 e. The second-order valence-electron chi connectivity index (χ2n) is 11.0. The number of nitrogens with one attached hydrogen (secondary N) is 1. The summed E-state index contributed by atoms with van der Waals surface area (Å²) in [6.45, 7) is 5.05. The molecule has 3 aromatic rings. The number of hydrogen-bond donors (Lipinski definition) is 1. The minimum Gasteiger partial charge on any atom is -0.490 e. The van der Waals surface area contributed by atoms with Crippen molar-refractivity contribution in [2.24, 2.45) is 5.92 Å². The van der Waals surface area contributed by atoms with E-state index in [1.165, 1.54) is 6.42 Å². The van der Waals surface area contributed by atoms with Gasteiger partial charge < -0.3 is 18.8 Å². The van der Waals surface area contributed by atoms with E-state index in [-0.39, 0.29) is 18.0 Å². The molecule has 0 radical (unpaired) electrons. The fourth-order valence-corrected chi connectivity index (χ4v) is 5.70. The van der Waals surface area contributed by atoms with Crippen molar-refractivity contribution in [1.82, 2.24) is 4.57 Å². The lowest BCUT2D eigenvalue weighted by Gasteiger charge is -2.30. The van der Waals surface area contributed by atoms with Crippen molar-refractivity contribution in [3.05, 3.63) is 48.0 Å². The van der Waals surface area contributed by atoms with Crippen molar-refractivity contribution in [1.29, 1.82) is 0 Å². The summed E-state index contributed by atoms with van der Waals surface area (Å²) in [4.78, 5) is 25.4. The van der Waals surface area contributed by atoms with Gasteiger partial charge in [-0.1, -0.05) is 12.1 Å². The minimum absolute atomic E-state index is 0.0426. The number of carbonyl (C=O) groups excluding carboxylic acids is 2. The predicted molar refractivity (Wildman–Crippen MR) is 147 cm³/mol. The Labute approximate surface area is 223 Å². The molecule has 2 saturated carbocycles. The third-order valence-electron chi connectivity index (χ3n) is 8.22. The number of fused-ring (bicyclic) bond motifs is 1. The zero-order valence-corrected chi connectivity index (χ0v) is 22.2. The molecule has 1 amide bonds. The summed E-state index contributed by atoms with van der Waals surface area (Å²) in [5, 5.41) is 3.80. The summed E-state index contributed by atoms with van der Waals surface area (Å²) in [5.74, 6) is 1.37. The van der Waals surface area contributed by atoms with Crippen LogP contribution >= 0.6 is 0 Å². The first-order valence-electron chi connectivity index (χ1n) is 14.0. The van der Waals surface area contributed by atoms with Gasteiger partial charge in [-0.2, -0.15) is 0 Å². The summed E-state index contributed by atoms with van der Waals surface area (Å²) >= 11 is 0. The molecule has 0 bridgehead atoms. The molecule has 1 saturated heterocycles. The maximum Gasteiger partial charge on any atom is 0.411 e. The van der Waals surface area contributed by atoms with Gasteiger partial charge in [0.15, 0.2) is 5.78 Å². The van der Waals surface area contributed by atoms with Crippen LogP contribution in [-0.2, 0) is 9.47 Å². The molecule has 0 spiro atoms. The van der Waals surface area contributed by atoms with Crippen LogP contribution in [0.5, 0.6) is 5.75 Å². The van der Waals surface area contributed by atoms with Crippen molar-refractivity contribution >= 4 is 28.5 Å². The van der Waals surface area contributed by atoms with E-state index < -0.39 is 6.09 Å². The number of ketones is 1. The summed E-state index contributed by atoms with van der Waals surface area (Å²) in [6, 6.07) is 14.2. The average Bonchev–Trinajstić information content (AvgIpc) is 3.68. The summed E-state index contributed by atoms with van der Waals surface area (Å²) in [7, 11) is 0. The first kappa shape index (κ1) is 25.0. The van der Waals surface area contributed by atoms with E-state index in [0.717, 1.165) is 85.2 Å². The Hall–Kier alpha value is -3.32. The molecular formula is C31H36N2O5. The fraction of sp³-hybridized carbons (Fsp3) is 0.484. The lowest BCUT2D eigenvalue weighted by atomic mass is 9.92. The number of ether oxygens (including phenoxy) is 3. The number of anilines is 1. The van der Waals surface area contributed by atoms with Crippen LogP contribution in [0, 0.1) is 5.92 Å². The van der Waals surface area contributed by atoms with Crippen LogP contribution < -0.4 is 10.1 Å². The number of nitrogens with zero attached hydrogens (tertiary/aromatic N) is 1. The second-order valence-corrected chi connectivity index (χ2v) is 11.0. The Morgan fingerprint density at radius 2 is 1.74 bits per heavy atom. The molecule has 1 atom stereocenters.